The fraction of sp³-hybridized carbons (Fsp3) is 0.364. The second-order valence-electron chi connectivity index (χ2n) is 8.34. The van der Waals surface area contributed by atoms with Crippen LogP contribution in [0.25, 0.3) is 5.69 Å². The number of para-hydroxylation sites is 1. The number of carbonyl (C=O) groups excluding carboxylic acids is 1. The first kappa shape index (κ1) is 21.4. The number of nitrogens with one attached hydrogen (secondary N) is 1. The minimum atomic E-state index is -4.45. The first-order chi connectivity index (χ1) is 15.8. The Balaban J connectivity index is 1.40. The highest BCUT2D eigenvalue weighted by Crippen LogP contribution is 2.38. The third-order valence-corrected chi connectivity index (χ3v) is 6.30. The highest BCUT2D eigenvalue weighted by molar-refractivity contribution is 5.98. The molecule has 0 spiro atoms. The van der Waals surface area contributed by atoms with Crippen molar-refractivity contribution in [2.24, 2.45) is 5.92 Å². The van der Waals surface area contributed by atoms with E-state index in [1.54, 1.807) is 11.0 Å². The average molecular weight is 460 g/mol. The lowest BCUT2D eigenvalue weighted by molar-refractivity contribution is -0.137. The lowest BCUT2D eigenvalue weighted by Gasteiger charge is -2.50. The Labute approximate surface area is 186 Å². The van der Waals surface area contributed by atoms with E-state index in [2.05, 4.69) is 20.5 Å². The predicted molar refractivity (Wildman–Crippen MR) is 110 cm³/mol. The van der Waals surface area contributed by atoms with Crippen LogP contribution in [0.5, 0.6) is 0 Å². The van der Waals surface area contributed by atoms with E-state index in [1.165, 1.54) is 30.6 Å². The maximum absolute atomic E-state index is 14.6. The summed E-state index contributed by atoms with van der Waals surface area (Å²) in [5, 5.41) is 11.1. The van der Waals surface area contributed by atoms with Crippen LogP contribution in [0.1, 0.15) is 35.2 Å². The van der Waals surface area contributed by atoms with Crippen molar-refractivity contribution in [1.82, 2.24) is 24.9 Å². The van der Waals surface area contributed by atoms with Gasteiger partial charge in [0.25, 0.3) is 5.91 Å². The first-order valence-electron chi connectivity index (χ1n) is 10.6. The zero-order chi connectivity index (χ0) is 23.2. The van der Waals surface area contributed by atoms with Crippen LogP contribution in [0.4, 0.5) is 23.4 Å². The number of benzene rings is 1. The number of pyridine rings is 1. The van der Waals surface area contributed by atoms with Crippen molar-refractivity contribution in [2.75, 3.05) is 11.9 Å². The number of piperidine rings is 2. The molecule has 0 radical (unpaired) electrons. The Kier molecular flexibility index (Phi) is 5.26. The number of amides is 1. The van der Waals surface area contributed by atoms with Gasteiger partial charge in [0, 0.05) is 18.8 Å². The van der Waals surface area contributed by atoms with E-state index in [4.69, 9.17) is 0 Å². The smallest absolute Gasteiger partial charge is 0.365 e. The molecule has 7 nitrogen and oxygen atoms in total. The van der Waals surface area contributed by atoms with Gasteiger partial charge in [-0.2, -0.15) is 23.4 Å². The number of nitrogens with zero attached hydrogens (tertiary/aromatic N) is 5. The average Bonchev–Trinajstić information content (AvgIpc) is 3.33. The number of fused-ring (bicyclic) bond motifs is 3. The molecule has 1 aliphatic carbocycles. The number of carbonyl (C=O) groups is 1. The molecule has 2 aliphatic heterocycles. The molecule has 2 aromatic heterocycles. The summed E-state index contributed by atoms with van der Waals surface area (Å²) in [5.74, 6) is -0.392. The van der Waals surface area contributed by atoms with E-state index < -0.39 is 17.6 Å². The minimum Gasteiger partial charge on any atom is -0.365 e. The quantitative estimate of drug-likeness (QED) is 0.598. The third-order valence-electron chi connectivity index (χ3n) is 6.30. The number of anilines is 1. The molecule has 4 heterocycles. The normalized spacial score (nSPS) is 22.4. The fourth-order valence-electron chi connectivity index (χ4n) is 4.80. The zero-order valence-corrected chi connectivity index (χ0v) is 17.3. The summed E-state index contributed by atoms with van der Waals surface area (Å²) >= 11 is 0. The maximum Gasteiger partial charge on any atom is 0.417 e. The summed E-state index contributed by atoms with van der Waals surface area (Å²) < 4.78 is 53.1. The monoisotopic (exact) mass is 460 g/mol. The van der Waals surface area contributed by atoms with Gasteiger partial charge in [0.15, 0.2) is 5.82 Å². The Morgan fingerprint density at radius 1 is 1.09 bits per heavy atom. The van der Waals surface area contributed by atoms with Gasteiger partial charge in [-0.1, -0.05) is 6.07 Å². The first-order valence-corrected chi connectivity index (χ1v) is 10.6. The van der Waals surface area contributed by atoms with Crippen molar-refractivity contribution in [3.63, 3.8) is 0 Å². The summed E-state index contributed by atoms with van der Waals surface area (Å²) in [5.41, 5.74) is -0.672. The molecule has 3 aromatic rings. The summed E-state index contributed by atoms with van der Waals surface area (Å²) in [6.07, 6.45) is 1.60. The summed E-state index contributed by atoms with van der Waals surface area (Å²) in [7, 11) is 0. The second-order valence-corrected chi connectivity index (χ2v) is 8.34. The SMILES string of the molecule is O=C(c1cccc(F)c1-n1nccn1)N1C[C@@H]2CC[C@H]1[C@H](Nc1ccc(C(F)(F)F)cn1)C2. The Morgan fingerprint density at radius 3 is 2.55 bits per heavy atom. The van der Waals surface area contributed by atoms with Gasteiger partial charge in [-0.3, -0.25) is 4.79 Å². The molecule has 1 amide bonds. The van der Waals surface area contributed by atoms with Gasteiger partial charge in [0.05, 0.1) is 29.6 Å². The van der Waals surface area contributed by atoms with Crippen LogP contribution in [0.2, 0.25) is 0 Å². The molecule has 2 saturated heterocycles. The van der Waals surface area contributed by atoms with E-state index >= 15 is 0 Å². The molecule has 1 saturated carbocycles. The van der Waals surface area contributed by atoms with E-state index in [9.17, 15) is 22.4 Å². The number of aromatic nitrogens is 4. The Hall–Kier alpha value is -3.50. The molecular weight excluding hydrogens is 440 g/mol. The molecule has 11 heteroatoms. The van der Waals surface area contributed by atoms with E-state index in [0.717, 1.165) is 36.3 Å². The molecular formula is C22H20F4N6O. The summed E-state index contributed by atoms with van der Waals surface area (Å²) in [4.78, 5) is 20.3. The summed E-state index contributed by atoms with van der Waals surface area (Å²) in [6, 6.07) is 6.17. The van der Waals surface area contributed by atoms with Gasteiger partial charge < -0.3 is 10.2 Å². The second kappa shape index (κ2) is 8.13. The molecule has 1 N–H and O–H groups in total. The van der Waals surface area contributed by atoms with Gasteiger partial charge in [0.2, 0.25) is 0 Å². The largest absolute Gasteiger partial charge is 0.417 e. The van der Waals surface area contributed by atoms with Gasteiger partial charge in [0.1, 0.15) is 11.5 Å². The van der Waals surface area contributed by atoms with Crippen molar-refractivity contribution < 1.29 is 22.4 Å². The lowest BCUT2D eigenvalue weighted by Crippen LogP contribution is -2.59. The minimum absolute atomic E-state index is 0.0112. The summed E-state index contributed by atoms with van der Waals surface area (Å²) in [6.45, 7) is 0.532. The molecule has 1 aromatic carbocycles. The van der Waals surface area contributed by atoms with E-state index in [-0.39, 0.29) is 35.2 Å². The van der Waals surface area contributed by atoms with Crippen molar-refractivity contribution >= 4 is 11.7 Å². The van der Waals surface area contributed by atoms with Crippen molar-refractivity contribution in [2.45, 2.75) is 37.5 Å². The predicted octanol–water partition coefficient (Wildman–Crippen LogP) is 3.93. The topological polar surface area (TPSA) is 75.9 Å². The molecule has 3 fully saturated rings. The number of hydrogen-bond acceptors (Lipinski definition) is 5. The van der Waals surface area contributed by atoms with E-state index in [0.29, 0.717) is 12.4 Å². The maximum atomic E-state index is 14.6. The van der Waals surface area contributed by atoms with Gasteiger partial charge in [-0.15, -0.1) is 4.80 Å². The van der Waals surface area contributed by atoms with Gasteiger partial charge >= 0.3 is 6.18 Å². The van der Waals surface area contributed by atoms with Crippen LogP contribution in [0.15, 0.2) is 48.9 Å². The lowest BCUT2D eigenvalue weighted by atomic mass is 9.76. The number of halogens is 4. The Morgan fingerprint density at radius 2 is 1.88 bits per heavy atom. The van der Waals surface area contributed by atoms with Crippen molar-refractivity contribution in [3.05, 3.63) is 65.9 Å². The highest BCUT2D eigenvalue weighted by Gasteiger charge is 2.44. The number of hydrogen-bond donors (Lipinski definition) is 1. The van der Waals surface area contributed by atoms with Crippen molar-refractivity contribution in [1.29, 1.82) is 0 Å². The van der Waals surface area contributed by atoms with Gasteiger partial charge in [-0.25, -0.2) is 9.37 Å². The molecule has 172 valence electrons. The van der Waals surface area contributed by atoms with Crippen LogP contribution in [-0.4, -0.2) is 49.4 Å². The molecule has 3 atom stereocenters. The number of rotatable bonds is 4. The van der Waals surface area contributed by atoms with Crippen LogP contribution in [0, 0.1) is 11.7 Å². The van der Waals surface area contributed by atoms with Crippen LogP contribution < -0.4 is 5.32 Å². The molecule has 6 rings (SSSR count). The van der Waals surface area contributed by atoms with Crippen LogP contribution in [-0.2, 0) is 6.18 Å². The fourth-order valence-corrected chi connectivity index (χ4v) is 4.80. The van der Waals surface area contributed by atoms with Crippen molar-refractivity contribution in [3.8, 4) is 5.69 Å². The Bertz CT molecular complexity index is 1150. The van der Waals surface area contributed by atoms with Gasteiger partial charge in [-0.05, 0) is 49.4 Å². The standard InChI is InChI=1S/C22H20F4N6O/c23-16-3-1-2-15(20(16)32-28-8-9-29-32)21(33)31-12-13-4-6-18(31)17(10-13)30-19-7-5-14(11-27-19)22(24,25)26/h1-3,5,7-9,11,13,17-18H,4,6,10,12H2,(H,27,30)/t13-,17-,18+/m1/s1. The highest BCUT2D eigenvalue weighted by atomic mass is 19.4. The number of alkyl halides is 3. The molecule has 2 bridgehead atoms. The third kappa shape index (κ3) is 4.03. The van der Waals surface area contributed by atoms with Crippen LogP contribution >= 0.6 is 0 Å². The van der Waals surface area contributed by atoms with Crippen LogP contribution in [0.3, 0.4) is 0 Å². The zero-order valence-electron chi connectivity index (χ0n) is 17.3. The van der Waals surface area contributed by atoms with E-state index in [1.807, 2.05) is 0 Å². The molecule has 3 aliphatic rings. The molecule has 0 unspecified atom stereocenters. The molecule has 33 heavy (non-hydrogen) atoms.